The third-order valence-corrected chi connectivity index (χ3v) is 3.61. The van der Waals surface area contributed by atoms with E-state index in [0.29, 0.717) is 5.69 Å². The molecule has 1 N–H and O–H groups in total. The highest BCUT2D eigenvalue weighted by molar-refractivity contribution is 5.78. The van der Waals surface area contributed by atoms with E-state index < -0.39 is 18.0 Å². The van der Waals surface area contributed by atoms with Crippen LogP contribution in [0.4, 0.5) is 18.9 Å². The summed E-state index contributed by atoms with van der Waals surface area (Å²) >= 11 is 0. The van der Waals surface area contributed by atoms with Gasteiger partial charge in [-0.05, 0) is 41.5 Å². The van der Waals surface area contributed by atoms with Crippen molar-refractivity contribution in [3.63, 3.8) is 0 Å². The van der Waals surface area contributed by atoms with Crippen LogP contribution in [-0.2, 0) is 6.18 Å². The van der Waals surface area contributed by atoms with Gasteiger partial charge in [-0.2, -0.15) is 13.2 Å². The summed E-state index contributed by atoms with van der Waals surface area (Å²) in [5.41, 5.74) is 1.61. The summed E-state index contributed by atoms with van der Waals surface area (Å²) < 4.78 is 37.9. The zero-order chi connectivity index (χ0) is 16.4. The minimum Gasteiger partial charge on any atom is -0.370 e. The Balaban J connectivity index is 1.92. The van der Waals surface area contributed by atoms with Gasteiger partial charge in [0.15, 0.2) is 0 Å². The van der Waals surface area contributed by atoms with Crippen molar-refractivity contribution in [2.24, 2.45) is 0 Å². The van der Waals surface area contributed by atoms with Gasteiger partial charge >= 0.3 is 6.18 Å². The molecule has 0 aromatic heterocycles. The Labute approximate surface area is 131 Å². The summed E-state index contributed by atoms with van der Waals surface area (Å²) in [6, 6.07) is 14.3. The summed E-state index contributed by atoms with van der Waals surface area (Å²) in [6.45, 7) is 0. The van der Waals surface area contributed by atoms with Crippen LogP contribution in [0.3, 0.4) is 0 Å². The van der Waals surface area contributed by atoms with Crippen molar-refractivity contribution in [3.05, 3.63) is 84.1 Å². The van der Waals surface area contributed by atoms with E-state index in [-0.39, 0.29) is 0 Å². The highest BCUT2D eigenvalue weighted by Gasteiger charge is 2.30. The number of nitrogens with zero attached hydrogens (tertiary/aromatic N) is 1. The predicted octanol–water partition coefficient (Wildman–Crippen LogP) is 4.44. The van der Waals surface area contributed by atoms with Crippen LogP contribution in [0, 0.1) is 0 Å². The average Bonchev–Trinajstić information content (AvgIpc) is 2.55. The van der Waals surface area contributed by atoms with Gasteiger partial charge < -0.3 is 10.0 Å². The number of halogens is 3. The highest BCUT2D eigenvalue weighted by Crippen LogP contribution is 2.32. The Morgan fingerprint density at radius 3 is 2.17 bits per heavy atom. The van der Waals surface area contributed by atoms with E-state index in [0.717, 1.165) is 23.3 Å². The van der Waals surface area contributed by atoms with Crippen molar-refractivity contribution in [1.29, 1.82) is 0 Å². The Bertz CT molecular complexity index is 733. The monoisotopic (exact) mass is 317 g/mol. The fraction of sp³-hybridized carbons (Fsp3) is 0.111. The first-order valence-electron chi connectivity index (χ1n) is 7.04. The molecular formula is C18H14F3NO. The number of benzene rings is 2. The molecule has 1 aliphatic rings. The summed E-state index contributed by atoms with van der Waals surface area (Å²) in [5, 5.41) is 10.1. The number of rotatable bonds is 2. The summed E-state index contributed by atoms with van der Waals surface area (Å²) in [7, 11) is 0. The lowest BCUT2D eigenvalue weighted by Gasteiger charge is -2.28. The molecule has 0 spiro atoms. The van der Waals surface area contributed by atoms with Crippen molar-refractivity contribution in [1.82, 2.24) is 0 Å². The van der Waals surface area contributed by atoms with E-state index >= 15 is 0 Å². The van der Waals surface area contributed by atoms with E-state index in [4.69, 9.17) is 0 Å². The van der Waals surface area contributed by atoms with Gasteiger partial charge in [-0.3, -0.25) is 0 Å². The fourth-order valence-electron chi connectivity index (χ4n) is 2.40. The number of aliphatic hydroxyl groups is 1. The number of hydrogen-bond donors (Lipinski definition) is 1. The second-order valence-electron chi connectivity index (χ2n) is 5.18. The Hall–Kier alpha value is -2.53. The molecule has 118 valence electrons. The quantitative estimate of drug-likeness (QED) is 0.885. The lowest BCUT2D eigenvalue weighted by molar-refractivity contribution is -0.137. The summed E-state index contributed by atoms with van der Waals surface area (Å²) in [4.78, 5) is 1.53. The molecule has 1 aliphatic heterocycles. The van der Waals surface area contributed by atoms with Gasteiger partial charge in [-0.1, -0.05) is 36.4 Å². The van der Waals surface area contributed by atoms with Gasteiger partial charge in [0.2, 0.25) is 0 Å². The van der Waals surface area contributed by atoms with Crippen molar-refractivity contribution in [2.45, 2.75) is 12.4 Å². The number of allylic oxidation sites excluding steroid dienone is 2. The largest absolute Gasteiger partial charge is 0.416 e. The first-order valence-corrected chi connectivity index (χ1v) is 7.04. The van der Waals surface area contributed by atoms with Crippen LogP contribution in [0.25, 0.3) is 5.57 Å². The fourth-order valence-corrected chi connectivity index (χ4v) is 2.40. The third kappa shape index (κ3) is 3.29. The zero-order valence-corrected chi connectivity index (χ0v) is 12.0. The van der Waals surface area contributed by atoms with Gasteiger partial charge in [-0.15, -0.1) is 0 Å². The van der Waals surface area contributed by atoms with E-state index in [1.54, 1.807) is 18.4 Å². The van der Waals surface area contributed by atoms with Crippen molar-refractivity contribution >= 4 is 11.3 Å². The van der Waals surface area contributed by atoms with Crippen LogP contribution in [0.15, 0.2) is 72.9 Å². The number of hydrogen-bond acceptors (Lipinski definition) is 2. The molecule has 2 aromatic rings. The maximum absolute atomic E-state index is 12.6. The summed E-state index contributed by atoms with van der Waals surface area (Å²) in [6.07, 6.45) is -0.174. The molecule has 0 saturated heterocycles. The predicted molar refractivity (Wildman–Crippen MR) is 83.5 cm³/mol. The molecule has 0 radical (unpaired) electrons. The molecule has 3 rings (SSSR count). The van der Waals surface area contributed by atoms with Gasteiger partial charge in [-0.25, -0.2) is 0 Å². The van der Waals surface area contributed by atoms with E-state index in [2.05, 4.69) is 0 Å². The minimum atomic E-state index is -4.37. The highest BCUT2D eigenvalue weighted by atomic mass is 19.4. The second kappa shape index (κ2) is 5.93. The molecule has 2 nitrogen and oxygen atoms in total. The van der Waals surface area contributed by atoms with Crippen LogP contribution in [-0.4, -0.2) is 11.3 Å². The van der Waals surface area contributed by atoms with Crippen LogP contribution >= 0.6 is 0 Å². The zero-order valence-electron chi connectivity index (χ0n) is 12.0. The van der Waals surface area contributed by atoms with Crippen LogP contribution in [0.2, 0.25) is 0 Å². The number of alkyl halides is 3. The van der Waals surface area contributed by atoms with E-state index in [9.17, 15) is 18.3 Å². The number of anilines is 1. The lowest BCUT2D eigenvalue weighted by atomic mass is 10.0. The molecule has 23 heavy (non-hydrogen) atoms. The first-order chi connectivity index (χ1) is 10.9. The molecule has 1 atom stereocenters. The Kier molecular flexibility index (Phi) is 3.96. The molecule has 0 saturated carbocycles. The second-order valence-corrected chi connectivity index (χ2v) is 5.18. The minimum absolute atomic E-state index is 0.489. The van der Waals surface area contributed by atoms with Crippen LogP contribution < -0.4 is 4.90 Å². The van der Waals surface area contributed by atoms with Gasteiger partial charge in [0.1, 0.15) is 6.23 Å². The maximum Gasteiger partial charge on any atom is 0.416 e. The molecule has 0 aliphatic carbocycles. The standard InChI is InChI=1S/C18H14F3NO/c19-18(20,21)15-7-9-16(10-8-15)22-12-14(6-11-17(22)23)13-4-2-1-3-5-13/h1-12,17,23H. The van der Waals surface area contributed by atoms with Crippen LogP contribution in [0.5, 0.6) is 0 Å². The van der Waals surface area contributed by atoms with Gasteiger partial charge in [0, 0.05) is 11.9 Å². The smallest absolute Gasteiger partial charge is 0.370 e. The molecule has 2 aromatic carbocycles. The molecule has 0 bridgehead atoms. The Morgan fingerprint density at radius 2 is 1.57 bits per heavy atom. The van der Waals surface area contributed by atoms with Gasteiger partial charge in [0.25, 0.3) is 0 Å². The average molecular weight is 317 g/mol. The maximum atomic E-state index is 12.6. The normalized spacial score (nSPS) is 18.0. The Morgan fingerprint density at radius 1 is 0.913 bits per heavy atom. The SMILES string of the molecule is OC1C=CC(c2ccccc2)=CN1c1ccc(C(F)(F)F)cc1. The first kappa shape index (κ1) is 15.4. The van der Waals surface area contributed by atoms with Crippen molar-refractivity contribution < 1.29 is 18.3 Å². The third-order valence-electron chi connectivity index (χ3n) is 3.61. The van der Waals surface area contributed by atoms with E-state index in [1.165, 1.54) is 17.0 Å². The molecule has 0 amide bonds. The van der Waals surface area contributed by atoms with Crippen molar-refractivity contribution in [3.8, 4) is 0 Å². The van der Waals surface area contributed by atoms with Crippen LogP contribution in [0.1, 0.15) is 11.1 Å². The van der Waals surface area contributed by atoms with Crippen molar-refractivity contribution in [2.75, 3.05) is 4.90 Å². The topological polar surface area (TPSA) is 23.5 Å². The molecule has 1 heterocycles. The van der Waals surface area contributed by atoms with E-state index in [1.807, 2.05) is 30.3 Å². The van der Waals surface area contributed by atoms with Gasteiger partial charge in [0.05, 0.1) is 5.56 Å². The molecule has 1 unspecified atom stereocenters. The molecule has 5 heteroatoms. The lowest BCUT2D eigenvalue weighted by Crippen LogP contribution is -2.30. The molecular weight excluding hydrogens is 303 g/mol. The molecule has 0 fully saturated rings. The summed E-state index contributed by atoms with van der Waals surface area (Å²) in [5.74, 6) is 0. The number of aliphatic hydroxyl groups excluding tert-OH is 1.